The number of amides is 1. The van der Waals surface area contributed by atoms with Crippen LogP contribution < -0.4 is 10.6 Å². The molecule has 1 aromatic carbocycles. The lowest BCUT2D eigenvalue weighted by molar-refractivity contribution is -0.383. The molecule has 90 valence electrons. The van der Waals surface area contributed by atoms with E-state index in [-0.39, 0.29) is 22.7 Å². The highest BCUT2D eigenvalue weighted by Gasteiger charge is 2.25. The number of hydrogen-bond acceptors (Lipinski definition) is 4. The molecule has 1 atom stereocenters. The average Bonchev–Trinajstić information content (AvgIpc) is 2.63. The van der Waals surface area contributed by atoms with Crippen molar-refractivity contribution in [2.75, 3.05) is 11.9 Å². The lowest BCUT2D eigenvalue weighted by atomic mass is 10.2. The fourth-order valence-electron chi connectivity index (χ4n) is 1.74. The molecule has 1 heterocycles. The number of halogens is 1. The van der Waals surface area contributed by atoms with E-state index in [4.69, 9.17) is 11.6 Å². The van der Waals surface area contributed by atoms with Gasteiger partial charge in [-0.05, 0) is 12.1 Å². The molecule has 17 heavy (non-hydrogen) atoms. The van der Waals surface area contributed by atoms with Crippen molar-refractivity contribution in [3.05, 3.63) is 33.3 Å². The van der Waals surface area contributed by atoms with Gasteiger partial charge in [-0.25, -0.2) is 0 Å². The maximum Gasteiger partial charge on any atom is 0.310 e. The molecule has 1 aromatic rings. The van der Waals surface area contributed by atoms with Crippen molar-refractivity contribution >= 4 is 28.9 Å². The van der Waals surface area contributed by atoms with E-state index in [2.05, 4.69) is 10.6 Å². The van der Waals surface area contributed by atoms with E-state index >= 15 is 0 Å². The monoisotopic (exact) mass is 255 g/mol. The number of carbonyl (C=O) groups excluding carboxylic acids is 1. The minimum Gasteiger partial charge on any atom is -0.374 e. The highest BCUT2D eigenvalue weighted by molar-refractivity contribution is 6.33. The van der Waals surface area contributed by atoms with E-state index in [0.717, 1.165) is 0 Å². The summed E-state index contributed by atoms with van der Waals surface area (Å²) in [7, 11) is 0. The Morgan fingerprint density at radius 2 is 2.29 bits per heavy atom. The van der Waals surface area contributed by atoms with Crippen LogP contribution in [-0.2, 0) is 4.79 Å². The standard InChI is InChI=1S/C10H10ClN3O3/c11-7-2-1-3-8(10(7)14(16)17)13-6-4-9(15)12-5-6/h1-3,6,13H,4-5H2,(H,12,15). The fourth-order valence-corrected chi connectivity index (χ4v) is 1.99. The summed E-state index contributed by atoms with van der Waals surface area (Å²) in [6.07, 6.45) is 0.309. The van der Waals surface area contributed by atoms with Gasteiger partial charge in [-0.3, -0.25) is 14.9 Å². The summed E-state index contributed by atoms with van der Waals surface area (Å²) in [4.78, 5) is 21.4. The van der Waals surface area contributed by atoms with Gasteiger partial charge in [0.05, 0.1) is 11.0 Å². The van der Waals surface area contributed by atoms with Gasteiger partial charge in [0.1, 0.15) is 10.7 Å². The molecule has 0 saturated carbocycles. The minimum absolute atomic E-state index is 0.0628. The molecule has 1 saturated heterocycles. The molecule has 1 amide bonds. The summed E-state index contributed by atoms with van der Waals surface area (Å²) in [6.45, 7) is 0.461. The zero-order valence-corrected chi connectivity index (χ0v) is 9.53. The lowest BCUT2D eigenvalue weighted by Gasteiger charge is -2.12. The summed E-state index contributed by atoms with van der Waals surface area (Å²) >= 11 is 5.77. The first-order chi connectivity index (χ1) is 8.08. The van der Waals surface area contributed by atoms with Crippen molar-refractivity contribution in [3.63, 3.8) is 0 Å². The number of rotatable bonds is 3. The van der Waals surface area contributed by atoms with Crippen LogP contribution >= 0.6 is 11.6 Å². The Morgan fingerprint density at radius 3 is 2.88 bits per heavy atom. The molecule has 0 aliphatic carbocycles. The highest BCUT2D eigenvalue weighted by Crippen LogP contribution is 2.32. The van der Waals surface area contributed by atoms with E-state index in [1.165, 1.54) is 6.07 Å². The summed E-state index contributed by atoms with van der Waals surface area (Å²) in [5.74, 6) is -0.0628. The quantitative estimate of drug-likeness (QED) is 0.634. The normalized spacial score (nSPS) is 18.9. The Labute approximate surface area is 102 Å². The van der Waals surface area contributed by atoms with Gasteiger partial charge in [-0.2, -0.15) is 0 Å². The third kappa shape index (κ3) is 2.47. The number of hydrogen-bond donors (Lipinski definition) is 2. The molecule has 0 bridgehead atoms. The second kappa shape index (κ2) is 4.58. The summed E-state index contributed by atoms with van der Waals surface area (Å²) in [6, 6.07) is 4.53. The zero-order valence-electron chi connectivity index (χ0n) is 8.77. The first-order valence-corrected chi connectivity index (χ1v) is 5.42. The number of anilines is 1. The molecule has 6 nitrogen and oxygen atoms in total. The average molecular weight is 256 g/mol. The minimum atomic E-state index is -0.533. The molecule has 0 radical (unpaired) electrons. The van der Waals surface area contributed by atoms with E-state index < -0.39 is 4.92 Å². The third-order valence-corrected chi connectivity index (χ3v) is 2.81. The number of benzene rings is 1. The Bertz CT molecular complexity index is 478. The smallest absolute Gasteiger partial charge is 0.310 e. The Hall–Kier alpha value is -1.82. The van der Waals surface area contributed by atoms with Crippen molar-refractivity contribution in [1.29, 1.82) is 0 Å². The molecule has 2 rings (SSSR count). The number of para-hydroxylation sites is 1. The second-order valence-corrected chi connectivity index (χ2v) is 4.15. The predicted molar refractivity (Wildman–Crippen MR) is 63.1 cm³/mol. The maximum atomic E-state index is 11.0. The van der Waals surface area contributed by atoms with Crippen LogP contribution in [0.1, 0.15) is 6.42 Å². The summed E-state index contributed by atoms with van der Waals surface area (Å²) < 4.78 is 0. The van der Waals surface area contributed by atoms with Gasteiger partial charge in [0.15, 0.2) is 0 Å². The van der Waals surface area contributed by atoms with Crippen molar-refractivity contribution in [1.82, 2.24) is 5.32 Å². The summed E-state index contributed by atoms with van der Waals surface area (Å²) in [5.41, 5.74) is 0.178. The van der Waals surface area contributed by atoms with E-state index in [0.29, 0.717) is 18.7 Å². The van der Waals surface area contributed by atoms with Crippen LogP contribution in [-0.4, -0.2) is 23.4 Å². The van der Waals surface area contributed by atoms with Crippen molar-refractivity contribution in [2.45, 2.75) is 12.5 Å². The Morgan fingerprint density at radius 1 is 1.53 bits per heavy atom. The number of nitro groups is 1. The molecule has 7 heteroatoms. The molecule has 0 spiro atoms. The first-order valence-electron chi connectivity index (χ1n) is 5.04. The Kier molecular flexibility index (Phi) is 3.14. The number of carbonyl (C=O) groups is 1. The van der Waals surface area contributed by atoms with Crippen molar-refractivity contribution < 1.29 is 9.72 Å². The first kappa shape index (κ1) is 11.7. The zero-order chi connectivity index (χ0) is 12.4. The van der Waals surface area contributed by atoms with Crippen LogP contribution in [0.2, 0.25) is 5.02 Å². The van der Waals surface area contributed by atoms with Crippen LogP contribution in [0.25, 0.3) is 0 Å². The van der Waals surface area contributed by atoms with Crippen LogP contribution in [0, 0.1) is 10.1 Å². The Balaban J connectivity index is 2.23. The maximum absolute atomic E-state index is 11.0. The number of nitrogens with zero attached hydrogens (tertiary/aromatic N) is 1. The lowest BCUT2D eigenvalue weighted by Crippen LogP contribution is -2.22. The molecular weight excluding hydrogens is 246 g/mol. The van der Waals surface area contributed by atoms with Gasteiger partial charge in [-0.1, -0.05) is 17.7 Å². The van der Waals surface area contributed by atoms with Gasteiger partial charge < -0.3 is 10.6 Å². The molecule has 1 fully saturated rings. The number of nitro benzene ring substituents is 1. The molecule has 1 unspecified atom stereocenters. The fraction of sp³-hybridized carbons (Fsp3) is 0.300. The molecular formula is C10H10ClN3O3. The molecule has 0 aromatic heterocycles. The predicted octanol–water partition coefficient (Wildman–Crippen LogP) is 1.55. The van der Waals surface area contributed by atoms with Gasteiger partial charge in [-0.15, -0.1) is 0 Å². The van der Waals surface area contributed by atoms with Crippen LogP contribution in [0.3, 0.4) is 0 Å². The van der Waals surface area contributed by atoms with Crippen LogP contribution in [0.5, 0.6) is 0 Å². The second-order valence-electron chi connectivity index (χ2n) is 3.74. The highest BCUT2D eigenvalue weighted by atomic mass is 35.5. The number of nitrogens with one attached hydrogen (secondary N) is 2. The molecule has 1 aliphatic rings. The van der Waals surface area contributed by atoms with Crippen molar-refractivity contribution in [2.24, 2.45) is 0 Å². The van der Waals surface area contributed by atoms with Crippen molar-refractivity contribution in [3.8, 4) is 0 Å². The largest absolute Gasteiger partial charge is 0.374 e. The van der Waals surface area contributed by atoms with E-state index in [9.17, 15) is 14.9 Å². The van der Waals surface area contributed by atoms with Gasteiger partial charge in [0, 0.05) is 13.0 Å². The van der Waals surface area contributed by atoms with Crippen LogP contribution in [0.15, 0.2) is 18.2 Å². The van der Waals surface area contributed by atoms with Gasteiger partial charge in [0.2, 0.25) is 5.91 Å². The van der Waals surface area contributed by atoms with E-state index in [1.807, 2.05) is 0 Å². The van der Waals surface area contributed by atoms with Gasteiger partial charge >= 0.3 is 5.69 Å². The molecule has 1 aliphatic heterocycles. The third-order valence-electron chi connectivity index (χ3n) is 2.51. The molecule has 2 N–H and O–H groups in total. The topological polar surface area (TPSA) is 84.3 Å². The summed E-state index contributed by atoms with van der Waals surface area (Å²) in [5, 5.41) is 16.6. The van der Waals surface area contributed by atoms with Gasteiger partial charge in [0.25, 0.3) is 0 Å². The van der Waals surface area contributed by atoms with E-state index in [1.54, 1.807) is 12.1 Å². The SMILES string of the molecule is O=C1CC(Nc2cccc(Cl)c2[N+](=O)[O-])CN1. The van der Waals surface area contributed by atoms with Crippen LogP contribution in [0.4, 0.5) is 11.4 Å².